The first-order valence-electron chi connectivity index (χ1n) is 40.1. The molecule has 570 valence electrons. The molecule has 0 aromatic rings. The van der Waals surface area contributed by atoms with Crippen LogP contribution in [-0.2, 0) is 65.4 Å². The van der Waals surface area contributed by atoms with E-state index in [0.717, 1.165) is 95.8 Å². The number of hydrogen-bond acceptors (Lipinski definition) is 15. The van der Waals surface area contributed by atoms with Gasteiger partial charge in [-0.15, -0.1) is 0 Å². The van der Waals surface area contributed by atoms with E-state index in [1.807, 2.05) is 0 Å². The van der Waals surface area contributed by atoms with Crippen LogP contribution in [0.1, 0.15) is 407 Å². The minimum absolute atomic E-state index is 0.108. The van der Waals surface area contributed by atoms with E-state index in [-0.39, 0.29) is 25.7 Å². The first-order chi connectivity index (χ1) is 46.5. The maximum atomic E-state index is 13.1. The van der Waals surface area contributed by atoms with Gasteiger partial charge in [0.2, 0.25) is 0 Å². The molecule has 0 saturated carbocycles. The Bertz CT molecular complexity index is 1840. The average Bonchev–Trinajstić information content (AvgIpc) is 1.33. The summed E-state index contributed by atoms with van der Waals surface area (Å²) in [7, 11) is -9.91. The lowest BCUT2D eigenvalue weighted by Gasteiger charge is -2.21. The normalized spacial score (nSPS) is 13.9. The molecule has 0 amide bonds. The van der Waals surface area contributed by atoms with Crippen molar-refractivity contribution in [2.24, 2.45) is 5.92 Å². The minimum Gasteiger partial charge on any atom is -0.462 e. The van der Waals surface area contributed by atoms with Crippen LogP contribution < -0.4 is 0 Å². The van der Waals surface area contributed by atoms with Gasteiger partial charge < -0.3 is 33.8 Å². The summed E-state index contributed by atoms with van der Waals surface area (Å²) in [5, 5.41) is 10.6. The third kappa shape index (κ3) is 70.5. The third-order valence-electron chi connectivity index (χ3n) is 18.0. The number of carbonyl (C=O) groups is 4. The number of phosphoric acid groups is 2. The molecule has 0 fully saturated rings. The molecule has 17 nitrogen and oxygen atoms in total. The number of hydrogen-bond donors (Lipinski definition) is 3. The first-order valence-corrected chi connectivity index (χ1v) is 43.1. The van der Waals surface area contributed by atoms with Gasteiger partial charge in [-0.2, -0.15) is 0 Å². The van der Waals surface area contributed by atoms with Gasteiger partial charge in [-0.25, -0.2) is 9.13 Å². The zero-order chi connectivity index (χ0) is 70.5. The highest BCUT2D eigenvalue weighted by Crippen LogP contribution is 2.45. The van der Waals surface area contributed by atoms with Crippen molar-refractivity contribution in [1.29, 1.82) is 0 Å². The molecule has 0 aliphatic heterocycles. The highest BCUT2D eigenvalue weighted by Gasteiger charge is 2.30. The molecule has 0 heterocycles. The summed E-state index contributed by atoms with van der Waals surface area (Å²) < 4.78 is 68.5. The zero-order valence-electron chi connectivity index (χ0n) is 62.5. The molecule has 19 heteroatoms. The van der Waals surface area contributed by atoms with Crippen LogP contribution in [0.25, 0.3) is 0 Å². The van der Waals surface area contributed by atoms with Gasteiger partial charge in [0, 0.05) is 25.7 Å². The van der Waals surface area contributed by atoms with Crippen LogP contribution >= 0.6 is 15.6 Å². The third-order valence-corrected chi connectivity index (χ3v) is 19.9. The van der Waals surface area contributed by atoms with E-state index < -0.39 is 97.5 Å². The predicted molar refractivity (Wildman–Crippen MR) is 391 cm³/mol. The lowest BCUT2D eigenvalue weighted by molar-refractivity contribution is -0.161. The lowest BCUT2D eigenvalue weighted by atomic mass is 10.0. The van der Waals surface area contributed by atoms with E-state index in [0.29, 0.717) is 25.7 Å². The minimum atomic E-state index is -4.96. The number of rotatable bonds is 77. The van der Waals surface area contributed by atoms with Gasteiger partial charge in [-0.3, -0.25) is 37.3 Å². The molecule has 0 aliphatic carbocycles. The quantitative estimate of drug-likeness (QED) is 0.0222. The Hall–Kier alpha value is -1.94. The maximum absolute atomic E-state index is 13.1. The van der Waals surface area contributed by atoms with E-state index >= 15 is 0 Å². The van der Waals surface area contributed by atoms with Gasteiger partial charge >= 0.3 is 39.5 Å². The van der Waals surface area contributed by atoms with E-state index in [1.54, 1.807) is 0 Å². The Morgan fingerprint density at radius 1 is 0.281 bits per heavy atom. The van der Waals surface area contributed by atoms with Crippen molar-refractivity contribution in [1.82, 2.24) is 0 Å². The van der Waals surface area contributed by atoms with Crippen LogP contribution in [0.4, 0.5) is 0 Å². The molecular weight excluding hydrogens is 1260 g/mol. The number of carbonyl (C=O) groups excluding carboxylic acids is 4. The van der Waals surface area contributed by atoms with Gasteiger partial charge in [0.05, 0.1) is 26.4 Å². The molecule has 2 unspecified atom stereocenters. The van der Waals surface area contributed by atoms with Gasteiger partial charge in [0.15, 0.2) is 12.2 Å². The van der Waals surface area contributed by atoms with Gasteiger partial charge in [0.25, 0.3) is 0 Å². The predicted octanol–water partition coefficient (Wildman–Crippen LogP) is 22.9. The molecule has 0 radical (unpaired) electrons. The smallest absolute Gasteiger partial charge is 0.462 e. The van der Waals surface area contributed by atoms with E-state index in [9.17, 15) is 43.2 Å². The second-order valence-corrected chi connectivity index (χ2v) is 31.1. The van der Waals surface area contributed by atoms with Crippen LogP contribution in [-0.4, -0.2) is 96.7 Å². The topological polar surface area (TPSA) is 237 Å². The zero-order valence-corrected chi connectivity index (χ0v) is 64.3. The van der Waals surface area contributed by atoms with Gasteiger partial charge in [-0.1, -0.05) is 356 Å². The maximum Gasteiger partial charge on any atom is 0.472 e. The van der Waals surface area contributed by atoms with E-state index in [4.69, 9.17) is 37.0 Å². The van der Waals surface area contributed by atoms with E-state index in [1.165, 1.54) is 231 Å². The van der Waals surface area contributed by atoms with Crippen molar-refractivity contribution in [3.8, 4) is 0 Å². The fourth-order valence-electron chi connectivity index (χ4n) is 11.9. The number of ether oxygens (including phenoxy) is 4. The molecule has 96 heavy (non-hydrogen) atoms. The monoisotopic (exact) mass is 1410 g/mol. The molecular formula is C77H150O17P2. The Labute approximate surface area is 588 Å². The van der Waals surface area contributed by atoms with Gasteiger partial charge in [-0.05, 0) is 31.6 Å². The Kier molecular flexibility index (Phi) is 68.7. The van der Waals surface area contributed by atoms with Crippen molar-refractivity contribution in [3.05, 3.63) is 0 Å². The van der Waals surface area contributed by atoms with Gasteiger partial charge in [0.1, 0.15) is 19.3 Å². The summed E-state index contributed by atoms with van der Waals surface area (Å²) in [4.78, 5) is 72.7. The van der Waals surface area contributed by atoms with Crippen molar-refractivity contribution in [2.45, 2.75) is 425 Å². The lowest BCUT2D eigenvalue weighted by Crippen LogP contribution is -2.30. The largest absolute Gasteiger partial charge is 0.472 e. The summed E-state index contributed by atoms with van der Waals surface area (Å²) in [6.45, 7) is 7.27. The SMILES string of the molecule is CCCCCCCCCCCCCCCCCCCCCCCCC(=O)O[C@H](COC(=O)CCCCCCCCCCCCC(C)C)COP(=O)(O)OC[C@@H](O)COP(=O)(O)OC[C@@H](COC(=O)CCCCCCCCCCC)OC(=O)CCCCCCCCCCCCCC. The number of esters is 4. The molecule has 0 rings (SSSR count). The summed E-state index contributed by atoms with van der Waals surface area (Å²) in [5.41, 5.74) is 0. The summed E-state index contributed by atoms with van der Waals surface area (Å²) in [5.74, 6) is -1.36. The summed E-state index contributed by atoms with van der Waals surface area (Å²) >= 11 is 0. The summed E-state index contributed by atoms with van der Waals surface area (Å²) in [6, 6.07) is 0. The first kappa shape index (κ1) is 94.1. The molecule has 0 aliphatic rings. The molecule has 0 bridgehead atoms. The fraction of sp³-hybridized carbons (Fsp3) is 0.948. The van der Waals surface area contributed by atoms with Crippen LogP contribution in [0.2, 0.25) is 0 Å². The fourth-order valence-corrected chi connectivity index (χ4v) is 13.5. The molecule has 5 atom stereocenters. The Morgan fingerprint density at radius 2 is 0.479 bits per heavy atom. The number of unbranched alkanes of at least 4 members (excludes halogenated alkanes) is 49. The number of aliphatic hydroxyl groups excluding tert-OH is 1. The average molecular weight is 1410 g/mol. The Morgan fingerprint density at radius 3 is 0.708 bits per heavy atom. The van der Waals surface area contributed by atoms with Crippen molar-refractivity contribution >= 4 is 39.5 Å². The standard InChI is InChI=1S/C77H150O17P2/c1-6-9-12-15-18-21-23-25-26-27-28-29-30-31-32-33-34-36-43-48-53-58-63-77(82)94-73(67-88-75(80)61-56-51-46-41-38-37-40-44-49-54-59-70(4)5)69-92-96(85,86)90-65-71(78)64-89-95(83,84)91-68-72(66-87-74(79)60-55-50-45-39-20-17-14-11-8-3)93-76(81)62-57-52-47-42-35-24-22-19-16-13-10-7-2/h70-73,78H,6-69H2,1-5H3,(H,83,84)(H,85,86)/t71-,72+,73+/m0/s1. The molecule has 0 spiro atoms. The number of aliphatic hydroxyl groups is 1. The highest BCUT2D eigenvalue weighted by molar-refractivity contribution is 7.47. The molecule has 0 aromatic heterocycles. The summed E-state index contributed by atoms with van der Waals surface area (Å²) in [6.07, 6.45) is 59.8. The highest BCUT2D eigenvalue weighted by atomic mass is 31.2. The van der Waals surface area contributed by atoms with Crippen LogP contribution in [0.3, 0.4) is 0 Å². The van der Waals surface area contributed by atoms with E-state index in [2.05, 4.69) is 34.6 Å². The Balaban J connectivity index is 5.17. The van der Waals surface area contributed by atoms with Crippen LogP contribution in [0.5, 0.6) is 0 Å². The number of phosphoric ester groups is 2. The molecule has 0 saturated heterocycles. The van der Waals surface area contributed by atoms with Crippen LogP contribution in [0.15, 0.2) is 0 Å². The second kappa shape index (κ2) is 70.1. The van der Waals surface area contributed by atoms with Crippen molar-refractivity contribution in [3.63, 3.8) is 0 Å². The second-order valence-electron chi connectivity index (χ2n) is 28.2. The van der Waals surface area contributed by atoms with Crippen molar-refractivity contribution < 1.29 is 80.2 Å². The van der Waals surface area contributed by atoms with Crippen molar-refractivity contribution in [2.75, 3.05) is 39.6 Å². The van der Waals surface area contributed by atoms with Crippen LogP contribution in [0, 0.1) is 5.92 Å². The molecule has 0 aromatic carbocycles. The molecule has 3 N–H and O–H groups in total.